The van der Waals surface area contributed by atoms with Crippen LogP contribution in [-0.2, 0) is 0 Å². The Bertz CT molecular complexity index is 1120. The van der Waals surface area contributed by atoms with E-state index in [0.717, 1.165) is 0 Å². The lowest BCUT2D eigenvalue weighted by atomic mass is 10.2. The van der Waals surface area contributed by atoms with E-state index in [1.54, 1.807) is 67.8 Å². The van der Waals surface area contributed by atoms with Gasteiger partial charge in [0.05, 0.1) is 30.0 Å². The number of nitrogens with one attached hydrogen (secondary N) is 1. The van der Waals surface area contributed by atoms with Crippen LogP contribution in [0.3, 0.4) is 0 Å². The van der Waals surface area contributed by atoms with E-state index in [1.807, 2.05) is 13.0 Å². The van der Waals surface area contributed by atoms with Crippen molar-refractivity contribution >= 4 is 34.0 Å². The number of hydrazone groups is 1. The number of carbonyl (C=O) groups excluding carboxylic acids is 2. The molecular formula is C24H21BrN2O5. The third-order valence-electron chi connectivity index (χ3n) is 4.27. The quantitative estimate of drug-likeness (QED) is 0.208. The third-order valence-corrected chi connectivity index (χ3v) is 4.86. The molecule has 164 valence electrons. The van der Waals surface area contributed by atoms with Gasteiger partial charge in [0.25, 0.3) is 5.91 Å². The largest absolute Gasteiger partial charge is 0.497 e. The summed E-state index contributed by atoms with van der Waals surface area (Å²) in [6.45, 7) is 2.20. The number of ether oxygens (including phenoxy) is 3. The third kappa shape index (κ3) is 5.95. The smallest absolute Gasteiger partial charge is 0.343 e. The minimum Gasteiger partial charge on any atom is -0.497 e. The van der Waals surface area contributed by atoms with Crippen LogP contribution in [0, 0.1) is 0 Å². The number of rotatable bonds is 8. The van der Waals surface area contributed by atoms with Crippen molar-refractivity contribution in [2.75, 3.05) is 13.7 Å². The first-order valence-corrected chi connectivity index (χ1v) is 10.5. The van der Waals surface area contributed by atoms with Gasteiger partial charge in [0.15, 0.2) is 11.5 Å². The van der Waals surface area contributed by atoms with Gasteiger partial charge in [-0.2, -0.15) is 5.10 Å². The molecule has 3 rings (SSSR count). The van der Waals surface area contributed by atoms with Gasteiger partial charge in [0.1, 0.15) is 5.75 Å². The standard InChI is InChI=1S/C24H21BrN2O5/c1-3-31-21-14-16(15-26-27-23(28)17-9-11-19(30-2)12-10-17)13-20(25)22(21)32-24(29)18-7-5-4-6-8-18/h4-15H,3H2,1-2H3,(H,27,28)/b26-15+. The molecule has 0 spiro atoms. The molecule has 32 heavy (non-hydrogen) atoms. The zero-order valence-corrected chi connectivity index (χ0v) is 19.1. The number of nitrogens with zero attached hydrogens (tertiary/aromatic N) is 1. The Morgan fingerprint density at radius 3 is 2.41 bits per heavy atom. The second-order valence-electron chi connectivity index (χ2n) is 6.45. The maximum absolute atomic E-state index is 12.4. The Morgan fingerprint density at radius 2 is 1.75 bits per heavy atom. The summed E-state index contributed by atoms with van der Waals surface area (Å²) in [5.41, 5.74) is 3.98. The van der Waals surface area contributed by atoms with Gasteiger partial charge in [-0.3, -0.25) is 4.79 Å². The predicted molar refractivity (Wildman–Crippen MR) is 125 cm³/mol. The molecule has 0 bridgehead atoms. The molecule has 0 saturated heterocycles. The average molecular weight is 497 g/mol. The van der Waals surface area contributed by atoms with E-state index < -0.39 is 5.97 Å². The highest BCUT2D eigenvalue weighted by Gasteiger charge is 2.17. The highest BCUT2D eigenvalue weighted by Crippen LogP contribution is 2.37. The Morgan fingerprint density at radius 1 is 1.03 bits per heavy atom. The molecule has 3 aromatic rings. The second-order valence-corrected chi connectivity index (χ2v) is 7.30. The number of amides is 1. The molecule has 3 aromatic carbocycles. The van der Waals surface area contributed by atoms with Crippen molar-refractivity contribution in [1.82, 2.24) is 5.43 Å². The van der Waals surface area contributed by atoms with Crippen molar-refractivity contribution in [3.63, 3.8) is 0 Å². The zero-order chi connectivity index (χ0) is 22.9. The van der Waals surface area contributed by atoms with Crippen LogP contribution in [0.15, 0.2) is 76.3 Å². The van der Waals surface area contributed by atoms with Crippen LogP contribution in [0.4, 0.5) is 0 Å². The lowest BCUT2D eigenvalue weighted by Gasteiger charge is -2.13. The topological polar surface area (TPSA) is 86.2 Å². The molecule has 0 aliphatic heterocycles. The van der Waals surface area contributed by atoms with Gasteiger partial charge in [-0.05, 0) is 76.9 Å². The summed E-state index contributed by atoms with van der Waals surface area (Å²) in [4.78, 5) is 24.7. The summed E-state index contributed by atoms with van der Waals surface area (Å²) in [6.07, 6.45) is 1.47. The number of hydrogen-bond donors (Lipinski definition) is 1. The van der Waals surface area contributed by atoms with Crippen LogP contribution in [0.5, 0.6) is 17.2 Å². The van der Waals surface area contributed by atoms with Crippen LogP contribution in [0.1, 0.15) is 33.2 Å². The molecule has 0 aliphatic rings. The van der Waals surface area contributed by atoms with Crippen molar-refractivity contribution in [1.29, 1.82) is 0 Å². The Hall–Kier alpha value is -3.65. The maximum atomic E-state index is 12.4. The van der Waals surface area contributed by atoms with Crippen LogP contribution in [0.2, 0.25) is 0 Å². The SMILES string of the molecule is CCOc1cc(/C=N/NC(=O)c2ccc(OC)cc2)cc(Br)c1OC(=O)c1ccccc1. The van der Waals surface area contributed by atoms with Crippen LogP contribution in [-0.4, -0.2) is 31.8 Å². The van der Waals surface area contributed by atoms with Crippen molar-refractivity contribution in [3.05, 3.63) is 87.9 Å². The van der Waals surface area contributed by atoms with Crippen molar-refractivity contribution < 1.29 is 23.8 Å². The molecule has 1 N–H and O–H groups in total. The summed E-state index contributed by atoms with van der Waals surface area (Å²) < 4.78 is 16.8. The molecule has 0 atom stereocenters. The molecule has 8 heteroatoms. The van der Waals surface area contributed by atoms with Gasteiger partial charge in [-0.1, -0.05) is 18.2 Å². The first-order chi connectivity index (χ1) is 15.5. The molecule has 0 radical (unpaired) electrons. The molecule has 0 fully saturated rings. The van der Waals surface area contributed by atoms with Crippen molar-refractivity contribution in [2.24, 2.45) is 5.10 Å². The number of carbonyl (C=O) groups is 2. The van der Waals surface area contributed by atoms with Gasteiger partial charge in [0.2, 0.25) is 0 Å². The Balaban J connectivity index is 1.74. The maximum Gasteiger partial charge on any atom is 0.343 e. The van der Waals surface area contributed by atoms with E-state index >= 15 is 0 Å². The molecule has 0 unspecified atom stereocenters. The van der Waals surface area contributed by atoms with Crippen molar-refractivity contribution in [3.8, 4) is 17.2 Å². The first kappa shape index (κ1) is 23.0. The summed E-state index contributed by atoms with van der Waals surface area (Å²) in [7, 11) is 1.56. The van der Waals surface area contributed by atoms with E-state index in [1.165, 1.54) is 6.21 Å². The molecule has 0 heterocycles. The van der Waals surface area contributed by atoms with E-state index in [2.05, 4.69) is 26.5 Å². The summed E-state index contributed by atoms with van der Waals surface area (Å²) in [5.74, 6) is 0.433. The number of methoxy groups -OCH3 is 1. The minimum absolute atomic E-state index is 0.264. The molecule has 0 aromatic heterocycles. The molecular weight excluding hydrogens is 476 g/mol. The van der Waals surface area contributed by atoms with Gasteiger partial charge in [-0.15, -0.1) is 0 Å². The van der Waals surface area contributed by atoms with Crippen molar-refractivity contribution in [2.45, 2.75) is 6.92 Å². The lowest BCUT2D eigenvalue weighted by molar-refractivity contribution is 0.0726. The second kappa shape index (κ2) is 11.1. The normalized spacial score (nSPS) is 10.6. The zero-order valence-electron chi connectivity index (χ0n) is 17.5. The monoisotopic (exact) mass is 496 g/mol. The summed E-state index contributed by atoms with van der Waals surface area (Å²) in [5, 5.41) is 4.00. The van der Waals surface area contributed by atoms with Crippen LogP contribution >= 0.6 is 15.9 Å². The summed E-state index contributed by atoms with van der Waals surface area (Å²) >= 11 is 3.42. The van der Waals surface area contributed by atoms with Gasteiger partial charge < -0.3 is 14.2 Å². The predicted octanol–water partition coefficient (Wildman–Crippen LogP) is 4.84. The Labute approximate surface area is 194 Å². The fourth-order valence-corrected chi connectivity index (χ4v) is 3.26. The molecule has 0 saturated carbocycles. The van der Waals surface area contributed by atoms with E-state index in [4.69, 9.17) is 14.2 Å². The lowest BCUT2D eigenvalue weighted by Crippen LogP contribution is -2.17. The summed E-state index contributed by atoms with van der Waals surface area (Å²) in [6, 6.07) is 18.7. The highest BCUT2D eigenvalue weighted by molar-refractivity contribution is 9.10. The molecule has 1 amide bonds. The first-order valence-electron chi connectivity index (χ1n) is 9.72. The van der Waals surface area contributed by atoms with Gasteiger partial charge >= 0.3 is 5.97 Å². The van der Waals surface area contributed by atoms with Gasteiger partial charge in [0, 0.05) is 5.56 Å². The Kier molecular flexibility index (Phi) is 7.99. The average Bonchev–Trinajstić information content (AvgIpc) is 2.82. The number of esters is 1. The van der Waals surface area contributed by atoms with Crippen LogP contribution < -0.4 is 19.6 Å². The molecule has 0 aliphatic carbocycles. The number of benzene rings is 3. The molecule has 7 nitrogen and oxygen atoms in total. The van der Waals surface area contributed by atoms with Gasteiger partial charge in [-0.25, -0.2) is 10.2 Å². The van der Waals surface area contributed by atoms with E-state index in [-0.39, 0.29) is 11.7 Å². The number of hydrogen-bond acceptors (Lipinski definition) is 6. The fraction of sp³-hybridized carbons (Fsp3) is 0.125. The van der Waals surface area contributed by atoms with E-state index in [9.17, 15) is 9.59 Å². The van der Waals surface area contributed by atoms with E-state index in [0.29, 0.717) is 39.3 Å². The highest BCUT2D eigenvalue weighted by atomic mass is 79.9. The van der Waals surface area contributed by atoms with Crippen LogP contribution in [0.25, 0.3) is 0 Å². The number of halogens is 1. The minimum atomic E-state index is -0.500. The fourth-order valence-electron chi connectivity index (χ4n) is 2.72.